The molecular formula is C22H22ClN3O2. The van der Waals surface area contributed by atoms with Crippen molar-refractivity contribution in [1.29, 1.82) is 0 Å². The van der Waals surface area contributed by atoms with Crippen LogP contribution in [0.25, 0.3) is 11.3 Å². The van der Waals surface area contributed by atoms with Gasteiger partial charge in [-0.2, -0.15) is 5.10 Å². The van der Waals surface area contributed by atoms with E-state index >= 15 is 0 Å². The predicted molar refractivity (Wildman–Crippen MR) is 110 cm³/mol. The number of benzene rings is 2. The number of H-pyrrole nitrogens is 1. The van der Waals surface area contributed by atoms with Gasteiger partial charge >= 0.3 is 0 Å². The predicted octanol–water partition coefficient (Wildman–Crippen LogP) is 4.76. The van der Waals surface area contributed by atoms with Crippen LogP contribution in [0.4, 0.5) is 0 Å². The third kappa shape index (κ3) is 3.90. The molecule has 1 N–H and O–H groups in total. The van der Waals surface area contributed by atoms with E-state index in [4.69, 9.17) is 16.3 Å². The summed E-state index contributed by atoms with van der Waals surface area (Å²) in [6.07, 6.45) is 1.83. The van der Waals surface area contributed by atoms with E-state index in [1.807, 2.05) is 29.2 Å². The van der Waals surface area contributed by atoms with Gasteiger partial charge in [-0.3, -0.25) is 9.89 Å². The number of carbonyl (C=O) groups is 1. The maximum absolute atomic E-state index is 12.7. The normalized spacial score (nSPS) is 14.9. The van der Waals surface area contributed by atoms with Crippen molar-refractivity contribution in [3.05, 3.63) is 70.9 Å². The quantitative estimate of drug-likeness (QED) is 0.692. The van der Waals surface area contributed by atoms with Crippen LogP contribution in [0.1, 0.15) is 34.8 Å². The molecule has 144 valence electrons. The second kappa shape index (κ2) is 8.07. The summed E-state index contributed by atoms with van der Waals surface area (Å²) in [5, 5.41) is 8.30. The summed E-state index contributed by atoms with van der Waals surface area (Å²) in [4.78, 5) is 14.6. The lowest BCUT2D eigenvalue weighted by atomic mass is 9.92. The minimum absolute atomic E-state index is 0.0665. The van der Waals surface area contributed by atoms with E-state index in [-0.39, 0.29) is 5.91 Å². The van der Waals surface area contributed by atoms with E-state index in [0.29, 0.717) is 16.5 Å². The Kier molecular flexibility index (Phi) is 5.35. The Balaban J connectivity index is 1.41. The second-order valence-corrected chi connectivity index (χ2v) is 7.45. The van der Waals surface area contributed by atoms with Crippen molar-refractivity contribution < 1.29 is 9.53 Å². The third-order valence-electron chi connectivity index (χ3n) is 5.28. The molecule has 4 rings (SSSR count). The van der Waals surface area contributed by atoms with Crippen LogP contribution < -0.4 is 4.74 Å². The van der Waals surface area contributed by atoms with E-state index in [0.717, 1.165) is 48.6 Å². The van der Waals surface area contributed by atoms with Crippen molar-refractivity contribution in [1.82, 2.24) is 15.1 Å². The molecule has 5 nitrogen and oxygen atoms in total. The van der Waals surface area contributed by atoms with Crippen LogP contribution in [-0.4, -0.2) is 41.2 Å². The zero-order valence-electron chi connectivity index (χ0n) is 15.7. The van der Waals surface area contributed by atoms with Crippen molar-refractivity contribution in [2.75, 3.05) is 20.2 Å². The number of aromatic nitrogens is 2. The van der Waals surface area contributed by atoms with Crippen molar-refractivity contribution in [2.24, 2.45) is 0 Å². The van der Waals surface area contributed by atoms with Crippen LogP contribution in [0.5, 0.6) is 5.75 Å². The summed E-state index contributed by atoms with van der Waals surface area (Å²) in [5.41, 5.74) is 3.74. The fraction of sp³-hybridized carbons (Fsp3) is 0.273. The fourth-order valence-electron chi connectivity index (χ4n) is 3.64. The molecule has 1 fully saturated rings. The molecular weight excluding hydrogens is 374 g/mol. The molecule has 6 heteroatoms. The van der Waals surface area contributed by atoms with Crippen molar-refractivity contribution in [2.45, 2.75) is 18.8 Å². The maximum Gasteiger partial charge on any atom is 0.253 e. The molecule has 0 spiro atoms. The SMILES string of the molecule is COc1cccc(-c2cc(C3CCN(C(=O)c4ccc(Cl)cc4)CC3)[nH]n2)c1. The summed E-state index contributed by atoms with van der Waals surface area (Å²) < 4.78 is 5.29. The molecule has 1 aliphatic rings. The monoisotopic (exact) mass is 395 g/mol. The molecule has 0 saturated carbocycles. The minimum atomic E-state index is 0.0665. The van der Waals surface area contributed by atoms with E-state index in [1.54, 1.807) is 31.4 Å². The highest BCUT2D eigenvalue weighted by Crippen LogP contribution is 2.30. The molecule has 0 aliphatic carbocycles. The number of amides is 1. The summed E-state index contributed by atoms with van der Waals surface area (Å²) in [7, 11) is 1.66. The highest BCUT2D eigenvalue weighted by molar-refractivity contribution is 6.30. The number of piperidine rings is 1. The van der Waals surface area contributed by atoms with Gasteiger partial charge in [0.2, 0.25) is 0 Å². The Morgan fingerprint density at radius 2 is 1.89 bits per heavy atom. The van der Waals surface area contributed by atoms with Gasteiger partial charge in [-0.15, -0.1) is 0 Å². The smallest absolute Gasteiger partial charge is 0.253 e. The van der Waals surface area contributed by atoms with Crippen LogP contribution in [0.2, 0.25) is 5.02 Å². The molecule has 0 unspecified atom stereocenters. The van der Waals surface area contributed by atoms with E-state index in [1.165, 1.54) is 0 Å². The molecule has 3 aromatic rings. The number of aromatic amines is 1. The molecule has 1 saturated heterocycles. The lowest BCUT2D eigenvalue weighted by molar-refractivity contribution is 0.0712. The Morgan fingerprint density at radius 1 is 1.14 bits per heavy atom. The van der Waals surface area contributed by atoms with Crippen LogP contribution in [-0.2, 0) is 0 Å². The van der Waals surface area contributed by atoms with Crippen molar-refractivity contribution in [3.63, 3.8) is 0 Å². The van der Waals surface area contributed by atoms with E-state index < -0.39 is 0 Å². The first kappa shape index (κ1) is 18.6. The molecule has 2 heterocycles. The third-order valence-corrected chi connectivity index (χ3v) is 5.53. The number of rotatable bonds is 4. The summed E-state index contributed by atoms with van der Waals surface area (Å²) in [6, 6.07) is 17.1. The molecule has 0 bridgehead atoms. The lowest BCUT2D eigenvalue weighted by Crippen LogP contribution is -2.37. The Hall–Kier alpha value is -2.79. The number of hydrogen-bond acceptors (Lipinski definition) is 3. The Bertz CT molecular complexity index is 960. The van der Waals surface area contributed by atoms with Gasteiger partial charge in [0.1, 0.15) is 5.75 Å². The number of nitrogens with zero attached hydrogens (tertiary/aromatic N) is 2. The molecule has 28 heavy (non-hydrogen) atoms. The van der Waals surface area contributed by atoms with Gasteiger partial charge in [-0.25, -0.2) is 0 Å². The number of likely N-dealkylation sites (tertiary alicyclic amines) is 1. The van der Waals surface area contributed by atoms with Gasteiger partial charge in [0.05, 0.1) is 12.8 Å². The van der Waals surface area contributed by atoms with Gasteiger partial charge in [0.25, 0.3) is 5.91 Å². The Morgan fingerprint density at radius 3 is 2.61 bits per heavy atom. The summed E-state index contributed by atoms with van der Waals surface area (Å²) in [6.45, 7) is 1.47. The first-order valence-corrected chi connectivity index (χ1v) is 9.76. The average Bonchev–Trinajstić information content (AvgIpc) is 3.24. The second-order valence-electron chi connectivity index (χ2n) is 7.01. The summed E-state index contributed by atoms with van der Waals surface area (Å²) in [5.74, 6) is 1.26. The number of halogens is 1. The first-order chi connectivity index (χ1) is 13.6. The van der Waals surface area contributed by atoms with Crippen LogP contribution in [0, 0.1) is 0 Å². The van der Waals surface area contributed by atoms with Crippen molar-refractivity contribution >= 4 is 17.5 Å². The van der Waals surface area contributed by atoms with E-state index in [2.05, 4.69) is 16.3 Å². The molecule has 1 aliphatic heterocycles. The number of hydrogen-bond donors (Lipinski definition) is 1. The molecule has 0 atom stereocenters. The highest BCUT2D eigenvalue weighted by atomic mass is 35.5. The lowest BCUT2D eigenvalue weighted by Gasteiger charge is -2.31. The van der Waals surface area contributed by atoms with Gasteiger partial charge in [0.15, 0.2) is 0 Å². The van der Waals surface area contributed by atoms with Gasteiger partial charge < -0.3 is 9.64 Å². The van der Waals surface area contributed by atoms with Crippen LogP contribution in [0.3, 0.4) is 0 Å². The summed E-state index contributed by atoms with van der Waals surface area (Å²) >= 11 is 5.91. The van der Waals surface area contributed by atoms with Crippen LogP contribution >= 0.6 is 11.6 Å². The Labute approximate surface area is 169 Å². The zero-order chi connectivity index (χ0) is 19.5. The molecule has 0 radical (unpaired) electrons. The van der Waals surface area contributed by atoms with E-state index in [9.17, 15) is 4.79 Å². The maximum atomic E-state index is 12.7. The molecule has 2 aromatic carbocycles. The highest BCUT2D eigenvalue weighted by Gasteiger charge is 2.25. The van der Waals surface area contributed by atoms with Crippen LogP contribution in [0.15, 0.2) is 54.6 Å². The number of ether oxygens (including phenoxy) is 1. The first-order valence-electron chi connectivity index (χ1n) is 9.38. The number of carbonyl (C=O) groups excluding carboxylic acids is 1. The fourth-order valence-corrected chi connectivity index (χ4v) is 3.77. The molecule has 1 aromatic heterocycles. The van der Waals surface area contributed by atoms with Gasteiger partial charge in [-0.05, 0) is 55.3 Å². The topological polar surface area (TPSA) is 58.2 Å². The minimum Gasteiger partial charge on any atom is -0.497 e. The van der Waals surface area contributed by atoms with Crippen molar-refractivity contribution in [3.8, 4) is 17.0 Å². The standard InChI is InChI=1S/C22H22ClN3O2/c1-28-19-4-2-3-17(13-19)21-14-20(24-25-21)15-9-11-26(12-10-15)22(27)16-5-7-18(23)8-6-16/h2-8,13-15H,9-12H2,1H3,(H,24,25). The largest absolute Gasteiger partial charge is 0.497 e. The molecule has 1 amide bonds. The number of nitrogens with one attached hydrogen (secondary N) is 1. The average molecular weight is 396 g/mol. The number of methoxy groups -OCH3 is 1. The van der Waals surface area contributed by atoms with Gasteiger partial charge in [-0.1, -0.05) is 23.7 Å². The van der Waals surface area contributed by atoms with Gasteiger partial charge in [0, 0.05) is 40.9 Å². The zero-order valence-corrected chi connectivity index (χ0v) is 16.4.